The van der Waals surface area contributed by atoms with Crippen LogP contribution >= 0.6 is 0 Å². The van der Waals surface area contributed by atoms with Crippen LogP contribution in [-0.2, 0) is 9.53 Å². The number of esters is 1. The van der Waals surface area contributed by atoms with Gasteiger partial charge in [-0.3, -0.25) is 14.9 Å². The Labute approximate surface area is 151 Å². The van der Waals surface area contributed by atoms with Crippen LogP contribution in [0.4, 0.5) is 5.69 Å². The van der Waals surface area contributed by atoms with Crippen molar-refractivity contribution in [2.75, 3.05) is 13.2 Å². The number of ether oxygens (including phenoxy) is 2. The SMILES string of the molecule is CCOc1ccc(C(=O)OCC(=O)N[C@@](C)(C#N)C(C)C)cc1[N+](=O)[O-]. The molecule has 1 aromatic rings. The van der Waals surface area contributed by atoms with E-state index in [1.807, 2.05) is 6.07 Å². The molecule has 1 atom stereocenters. The topological polar surface area (TPSA) is 132 Å². The van der Waals surface area contributed by atoms with E-state index in [2.05, 4.69) is 5.32 Å². The molecule has 140 valence electrons. The normalized spacial score (nSPS) is 12.6. The van der Waals surface area contributed by atoms with Gasteiger partial charge in [-0.15, -0.1) is 0 Å². The van der Waals surface area contributed by atoms with Crippen LogP contribution in [0.1, 0.15) is 38.1 Å². The second-order valence-electron chi connectivity index (χ2n) is 5.97. The zero-order valence-electron chi connectivity index (χ0n) is 15.1. The van der Waals surface area contributed by atoms with Crippen LogP contribution in [0.2, 0.25) is 0 Å². The van der Waals surface area contributed by atoms with Crippen LogP contribution in [-0.4, -0.2) is 35.6 Å². The molecule has 0 saturated heterocycles. The van der Waals surface area contributed by atoms with Crippen LogP contribution in [0.15, 0.2) is 18.2 Å². The number of carbonyl (C=O) groups is 2. The average molecular weight is 363 g/mol. The van der Waals surface area contributed by atoms with Crippen LogP contribution in [0.25, 0.3) is 0 Å². The predicted molar refractivity (Wildman–Crippen MR) is 91.5 cm³/mol. The molecule has 0 aliphatic carbocycles. The lowest BCUT2D eigenvalue weighted by Gasteiger charge is -2.27. The lowest BCUT2D eigenvalue weighted by molar-refractivity contribution is -0.385. The highest BCUT2D eigenvalue weighted by Crippen LogP contribution is 2.28. The molecule has 0 spiro atoms. The van der Waals surface area contributed by atoms with Gasteiger partial charge in [0.05, 0.1) is 23.2 Å². The van der Waals surface area contributed by atoms with Crippen molar-refractivity contribution in [3.63, 3.8) is 0 Å². The molecule has 9 heteroatoms. The van der Waals surface area contributed by atoms with Crippen molar-refractivity contribution >= 4 is 17.6 Å². The Morgan fingerprint density at radius 3 is 2.58 bits per heavy atom. The second kappa shape index (κ2) is 8.80. The number of hydrogen-bond acceptors (Lipinski definition) is 7. The molecule has 0 heterocycles. The predicted octanol–water partition coefficient (Wildman–Crippen LogP) is 2.20. The van der Waals surface area contributed by atoms with Crippen molar-refractivity contribution in [2.24, 2.45) is 5.92 Å². The largest absolute Gasteiger partial charge is 0.487 e. The molecule has 0 radical (unpaired) electrons. The van der Waals surface area contributed by atoms with Gasteiger partial charge in [0.1, 0.15) is 5.54 Å². The number of nitro benzene ring substituents is 1. The lowest BCUT2D eigenvalue weighted by atomic mass is 9.90. The molecular formula is C17H21N3O6. The fourth-order valence-corrected chi connectivity index (χ4v) is 1.91. The van der Waals surface area contributed by atoms with Crippen LogP contribution in [0.3, 0.4) is 0 Å². The van der Waals surface area contributed by atoms with Gasteiger partial charge in [0.2, 0.25) is 0 Å². The van der Waals surface area contributed by atoms with Gasteiger partial charge in [0, 0.05) is 6.07 Å². The van der Waals surface area contributed by atoms with Crippen molar-refractivity contribution in [3.8, 4) is 11.8 Å². The third-order valence-corrected chi connectivity index (χ3v) is 3.81. The van der Waals surface area contributed by atoms with Crippen molar-refractivity contribution in [2.45, 2.75) is 33.2 Å². The number of rotatable bonds is 8. The molecule has 1 N–H and O–H groups in total. The third-order valence-electron chi connectivity index (χ3n) is 3.81. The summed E-state index contributed by atoms with van der Waals surface area (Å²) in [5.74, 6) is -1.65. The monoisotopic (exact) mass is 363 g/mol. The van der Waals surface area contributed by atoms with Gasteiger partial charge in [0.15, 0.2) is 12.4 Å². The number of benzene rings is 1. The van der Waals surface area contributed by atoms with Crippen LogP contribution < -0.4 is 10.1 Å². The molecule has 0 aliphatic heterocycles. The minimum atomic E-state index is -1.10. The molecule has 0 aromatic heterocycles. The molecule has 0 fully saturated rings. The Hall–Kier alpha value is -3.15. The maximum atomic E-state index is 12.0. The Morgan fingerprint density at radius 1 is 1.42 bits per heavy atom. The number of nitro groups is 1. The number of hydrogen-bond donors (Lipinski definition) is 1. The van der Waals surface area contributed by atoms with Crippen molar-refractivity contribution in [3.05, 3.63) is 33.9 Å². The Balaban J connectivity index is 2.80. The molecule has 1 aromatic carbocycles. The molecular weight excluding hydrogens is 342 g/mol. The first kappa shape index (κ1) is 20.9. The molecule has 0 saturated carbocycles. The quantitative estimate of drug-likeness (QED) is 0.425. The summed E-state index contributed by atoms with van der Waals surface area (Å²) >= 11 is 0. The Morgan fingerprint density at radius 2 is 2.08 bits per heavy atom. The zero-order valence-corrected chi connectivity index (χ0v) is 15.1. The molecule has 0 bridgehead atoms. The van der Waals surface area contributed by atoms with Crippen molar-refractivity contribution in [1.82, 2.24) is 5.32 Å². The summed E-state index contributed by atoms with van der Waals surface area (Å²) in [6, 6.07) is 5.64. The van der Waals surface area contributed by atoms with Gasteiger partial charge in [-0.2, -0.15) is 5.26 Å². The van der Waals surface area contributed by atoms with Gasteiger partial charge >= 0.3 is 11.7 Å². The summed E-state index contributed by atoms with van der Waals surface area (Å²) in [5, 5.41) is 22.7. The first-order valence-corrected chi connectivity index (χ1v) is 7.95. The van der Waals surface area contributed by atoms with E-state index in [4.69, 9.17) is 14.7 Å². The number of amides is 1. The number of nitriles is 1. The smallest absolute Gasteiger partial charge is 0.338 e. The first-order valence-electron chi connectivity index (χ1n) is 7.95. The van der Waals surface area contributed by atoms with Gasteiger partial charge in [-0.1, -0.05) is 13.8 Å². The average Bonchev–Trinajstić information content (AvgIpc) is 2.59. The maximum Gasteiger partial charge on any atom is 0.338 e. The van der Waals surface area contributed by atoms with Crippen LogP contribution in [0, 0.1) is 27.4 Å². The van der Waals surface area contributed by atoms with Gasteiger partial charge in [-0.25, -0.2) is 4.79 Å². The molecule has 1 rings (SSSR count). The molecule has 1 amide bonds. The summed E-state index contributed by atoms with van der Waals surface area (Å²) in [7, 11) is 0. The number of nitrogens with one attached hydrogen (secondary N) is 1. The summed E-state index contributed by atoms with van der Waals surface area (Å²) in [6.07, 6.45) is 0. The van der Waals surface area contributed by atoms with Gasteiger partial charge in [0.25, 0.3) is 5.91 Å². The summed E-state index contributed by atoms with van der Waals surface area (Å²) in [4.78, 5) is 34.3. The van der Waals surface area contributed by atoms with E-state index in [0.29, 0.717) is 0 Å². The summed E-state index contributed by atoms with van der Waals surface area (Å²) < 4.78 is 10.0. The van der Waals surface area contributed by atoms with E-state index in [-0.39, 0.29) is 29.5 Å². The van der Waals surface area contributed by atoms with E-state index in [0.717, 1.165) is 6.07 Å². The van der Waals surface area contributed by atoms with Crippen LogP contribution in [0.5, 0.6) is 5.75 Å². The van der Waals surface area contributed by atoms with E-state index in [9.17, 15) is 19.7 Å². The summed E-state index contributed by atoms with van der Waals surface area (Å²) in [6.45, 7) is 6.41. The fourth-order valence-electron chi connectivity index (χ4n) is 1.91. The minimum Gasteiger partial charge on any atom is -0.487 e. The molecule has 26 heavy (non-hydrogen) atoms. The van der Waals surface area contributed by atoms with E-state index >= 15 is 0 Å². The Bertz CT molecular complexity index is 741. The van der Waals surface area contributed by atoms with E-state index in [1.54, 1.807) is 27.7 Å². The molecule has 0 aliphatic rings. The minimum absolute atomic E-state index is 0.0357. The van der Waals surface area contributed by atoms with Gasteiger partial charge < -0.3 is 14.8 Å². The van der Waals surface area contributed by atoms with Gasteiger partial charge in [-0.05, 0) is 31.9 Å². The zero-order chi connectivity index (χ0) is 19.9. The highest BCUT2D eigenvalue weighted by atomic mass is 16.6. The standard InChI is InChI=1S/C17H21N3O6/c1-5-25-14-7-6-12(8-13(14)20(23)24)16(22)26-9-15(21)19-17(4,10-18)11(2)3/h6-8,11H,5,9H2,1-4H3,(H,19,21)/t17-/m0/s1. The second-order valence-corrected chi connectivity index (χ2v) is 5.97. The van der Waals surface area contributed by atoms with E-state index < -0.39 is 28.9 Å². The number of carbonyl (C=O) groups excluding carboxylic acids is 2. The van der Waals surface area contributed by atoms with Crippen molar-refractivity contribution in [1.29, 1.82) is 5.26 Å². The number of nitrogens with zero attached hydrogens (tertiary/aromatic N) is 2. The highest BCUT2D eigenvalue weighted by Gasteiger charge is 2.30. The summed E-state index contributed by atoms with van der Waals surface area (Å²) in [5.41, 5.74) is -1.55. The third kappa shape index (κ3) is 5.17. The lowest BCUT2D eigenvalue weighted by Crippen LogP contribution is -2.50. The van der Waals surface area contributed by atoms with Crippen molar-refractivity contribution < 1.29 is 24.0 Å². The maximum absolute atomic E-state index is 12.0. The van der Waals surface area contributed by atoms with E-state index in [1.165, 1.54) is 12.1 Å². The molecule has 0 unspecified atom stereocenters. The Kier molecular flexibility index (Phi) is 7.07. The molecule has 9 nitrogen and oxygen atoms in total. The highest BCUT2D eigenvalue weighted by molar-refractivity contribution is 5.92. The fraction of sp³-hybridized carbons (Fsp3) is 0.471. The first-order chi connectivity index (χ1) is 12.1.